The Labute approximate surface area is 102 Å². The van der Waals surface area contributed by atoms with Crippen LogP contribution in [0.25, 0.3) is 0 Å². The lowest BCUT2D eigenvalue weighted by atomic mass is 9.82. The van der Waals surface area contributed by atoms with E-state index in [1.54, 1.807) is 4.88 Å². The van der Waals surface area contributed by atoms with Crippen LogP contribution in [-0.2, 0) is 0 Å². The Morgan fingerprint density at radius 2 is 2.25 bits per heavy atom. The van der Waals surface area contributed by atoms with Crippen LogP contribution in [-0.4, -0.2) is 7.05 Å². The predicted molar refractivity (Wildman–Crippen MR) is 69.8 cm³/mol. The number of aryl methyl sites for hydroxylation is 1. The van der Waals surface area contributed by atoms with Gasteiger partial charge in [0.1, 0.15) is 0 Å². The molecule has 88 valence electrons. The Hall–Kier alpha value is -0.340. The van der Waals surface area contributed by atoms with Crippen molar-refractivity contribution < 1.29 is 0 Å². The average Bonchev–Trinajstić information content (AvgIpc) is 2.97. The fourth-order valence-electron chi connectivity index (χ4n) is 3.94. The molecule has 2 fully saturated rings. The Bertz CT molecular complexity index is 371. The molecule has 2 aliphatic rings. The van der Waals surface area contributed by atoms with E-state index in [2.05, 4.69) is 30.7 Å². The summed E-state index contributed by atoms with van der Waals surface area (Å²) in [6.07, 6.45) is 5.96. The van der Waals surface area contributed by atoms with Crippen LogP contribution in [0, 0.1) is 24.7 Å². The fraction of sp³-hybridized carbons (Fsp3) is 0.714. The van der Waals surface area contributed by atoms with E-state index in [0.29, 0.717) is 6.04 Å². The van der Waals surface area contributed by atoms with Gasteiger partial charge in [0.2, 0.25) is 0 Å². The highest BCUT2D eigenvalue weighted by Crippen LogP contribution is 2.53. The molecule has 2 bridgehead atoms. The van der Waals surface area contributed by atoms with Crippen molar-refractivity contribution in [3.63, 3.8) is 0 Å². The highest BCUT2D eigenvalue weighted by atomic mass is 32.1. The zero-order valence-corrected chi connectivity index (χ0v) is 11.0. The molecule has 1 nitrogen and oxygen atoms in total. The lowest BCUT2D eigenvalue weighted by Crippen LogP contribution is -2.28. The SMILES string of the molecule is CNC(c1sccc1C)C1CC2CCC1C2. The van der Waals surface area contributed by atoms with E-state index in [0.717, 1.165) is 17.8 Å². The van der Waals surface area contributed by atoms with Gasteiger partial charge in [0.25, 0.3) is 0 Å². The number of fused-ring (bicyclic) bond motifs is 2. The molecule has 2 saturated carbocycles. The second-order valence-corrected chi connectivity index (χ2v) is 6.52. The summed E-state index contributed by atoms with van der Waals surface area (Å²) < 4.78 is 0. The van der Waals surface area contributed by atoms with Crippen molar-refractivity contribution >= 4 is 11.3 Å². The lowest BCUT2D eigenvalue weighted by Gasteiger charge is -2.30. The first-order valence-electron chi connectivity index (χ1n) is 6.51. The van der Waals surface area contributed by atoms with Crippen LogP contribution >= 0.6 is 11.3 Å². The highest BCUT2D eigenvalue weighted by molar-refractivity contribution is 7.10. The summed E-state index contributed by atoms with van der Waals surface area (Å²) in [5.74, 6) is 2.95. The molecule has 4 atom stereocenters. The molecule has 0 radical (unpaired) electrons. The second kappa shape index (κ2) is 4.15. The van der Waals surface area contributed by atoms with Crippen LogP contribution in [0.2, 0.25) is 0 Å². The van der Waals surface area contributed by atoms with Crippen LogP contribution in [0.4, 0.5) is 0 Å². The number of thiophene rings is 1. The Morgan fingerprint density at radius 1 is 1.38 bits per heavy atom. The summed E-state index contributed by atoms with van der Waals surface area (Å²) in [5, 5.41) is 5.82. The maximum Gasteiger partial charge on any atom is 0.0446 e. The standard InChI is InChI=1S/C14H21NS/c1-9-5-6-16-14(9)13(15-2)12-8-10-3-4-11(12)7-10/h5-6,10-13,15H,3-4,7-8H2,1-2H3. The van der Waals surface area contributed by atoms with Gasteiger partial charge in [0, 0.05) is 10.9 Å². The van der Waals surface area contributed by atoms with Crippen molar-refractivity contribution in [1.82, 2.24) is 5.32 Å². The summed E-state index contributed by atoms with van der Waals surface area (Å²) >= 11 is 1.93. The third-order valence-electron chi connectivity index (χ3n) is 4.72. The predicted octanol–water partition coefficient (Wildman–Crippen LogP) is 3.75. The van der Waals surface area contributed by atoms with Crippen molar-refractivity contribution in [2.24, 2.45) is 17.8 Å². The molecule has 1 aromatic rings. The van der Waals surface area contributed by atoms with Gasteiger partial charge < -0.3 is 5.32 Å². The van der Waals surface area contributed by atoms with Gasteiger partial charge in [0.15, 0.2) is 0 Å². The van der Waals surface area contributed by atoms with E-state index in [1.807, 2.05) is 11.3 Å². The van der Waals surface area contributed by atoms with E-state index < -0.39 is 0 Å². The third kappa shape index (κ3) is 1.63. The fourth-order valence-corrected chi connectivity index (χ4v) is 5.06. The molecular formula is C14H21NS. The highest BCUT2D eigenvalue weighted by Gasteiger charge is 2.43. The van der Waals surface area contributed by atoms with E-state index in [-0.39, 0.29) is 0 Å². The molecule has 1 aromatic heterocycles. The molecule has 1 heterocycles. The molecule has 0 aliphatic heterocycles. The van der Waals surface area contributed by atoms with Crippen molar-refractivity contribution in [2.75, 3.05) is 7.05 Å². The van der Waals surface area contributed by atoms with Crippen LogP contribution in [0.5, 0.6) is 0 Å². The second-order valence-electron chi connectivity index (χ2n) is 5.57. The summed E-state index contributed by atoms with van der Waals surface area (Å²) in [6.45, 7) is 2.25. The largest absolute Gasteiger partial charge is 0.312 e. The smallest absolute Gasteiger partial charge is 0.0446 e. The van der Waals surface area contributed by atoms with Gasteiger partial charge in [0.05, 0.1) is 0 Å². The Kier molecular flexibility index (Phi) is 2.80. The summed E-state index contributed by atoms with van der Waals surface area (Å²) in [6, 6.07) is 2.88. The molecule has 4 unspecified atom stereocenters. The van der Waals surface area contributed by atoms with Gasteiger partial charge in [-0.3, -0.25) is 0 Å². The van der Waals surface area contributed by atoms with Crippen molar-refractivity contribution in [3.8, 4) is 0 Å². The monoisotopic (exact) mass is 235 g/mol. The Morgan fingerprint density at radius 3 is 2.75 bits per heavy atom. The Balaban J connectivity index is 1.84. The minimum atomic E-state index is 0.621. The average molecular weight is 235 g/mol. The zero-order valence-electron chi connectivity index (χ0n) is 10.2. The van der Waals surface area contributed by atoms with E-state index in [9.17, 15) is 0 Å². The van der Waals surface area contributed by atoms with Crippen LogP contribution < -0.4 is 5.32 Å². The molecular weight excluding hydrogens is 214 g/mol. The molecule has 0 amide bonds. The van der Waals surface area contributed by atoms with Crippen molar-refractivity contribution in [3.05, 3.63) is 21.9 Å². The van der Waals surface area contributed by atoms with Gasteiger partial charge in [-0.2, -0.15) is 0 Å². The van der Waals surface area contributed by atoms with Crippen LogP contribution in [0.3, 0.4) is 0 Å². The number of nitrogens with one attached hydrogen (secondary N) is 1. The van der Waals surface area contributed by atoms with Gasteiger partial charge in [-0.25, -0.2) is 0 Å². The maximum atomic E-state index is 3.58. The first kappa shape index (κ1) is 10.8. The first-order chi connectivity index (χ1) is 7.79. The van der Waals surface area contributed by atoms with Crippen LogP contribution in [0.15, 0.2) is 11.4 Å². The first-order valence-corrected chi connectivity index (χ1v) is 7.38. The van der Waals surface area contributed by atoms with Gasteiger partial charge in [-0.15, -0.1) is 11.3 Å². The summed E-state index contributed by atoms with van der Waals surface area (Å²) in [5.41, 5.74) is 1.48. The minimum Gasteiger partial charge on any atom is -0.312 e. The van der Waals surface area contributed by atoms with E-state index in [4.69, 9.17) is 0 Å². The molecule has 1 N–H and O–H groups in total. The van der Waals surface area contributed by atoms with Crippen molar-refractivity contribution in [2.45, 2.75) is 38.6 Å². The van der Waals surface area contributed by atoms with Gasteiger partial charge >= 0.3 is 0 Å². The quantitative estimate of drug-likeness (QED) is 0.841. The van der Waals surface area contributed by atoms with Crippen molar-refractivity contribution in [1.29, 1.82) is 0 Å². The third-order valence-corrected chi connectivity index (χ3v) is 5.82. The van der Waals surface area contributed by atoms with E-state index >= 15 is 0 Å². The summed E-state index contributed by atoms with van der Waals surface area (Å²) in [7, 11) is 2.13. The molecule has 3 rings (SSSR count). The zero-order chi connectivity index (χ0) is 11.1. The number of hydrogen-bond acceptors (Lipinski definition) is 2. The number of rotatable bonds is 3. The molecule has 0 aromatic carbocycles. The topological polar surface area (TPSA) is 12.0 Å². The van der Waals surface area contributed by atoms with Gasteiger partial charge in [-0.05, 0) is 68.0 Å². The number of hydrogen-bond donors (Lipinski definition) is 1. The minimum absolute atomic E-state index is 0.621. The molecule has 2 aliphatic carbocycles. The van der Waals surface area contributed by atoms with Gasteiger partial charge in [-0.1, -0.05) is 6.42 Å². The molecule has 0 spiro atoms. The normalized spacial score (nSPS) is 34.5. The van der Waals surface area contributed by atoms with Crippen LogP contribution in [0.1, 0.15) is 42.2 Å². The lowest BCUT2D eigenvalue weighted by molar-refractivity contribution is 0.262. The molecule has 0 saturated heterocycles. The van der Waals surface area contributed by atoms with E-state index in [1.165, 1.54) is 31.2 Å². The summed E-state index contributed by atoms with van der Waals surface area (Å²) in [4.78, 5) is 1.58. The maximum absolute atomic E-state index is 3.58. The molecule has 16 heavy (non-hydrogen) atoms. The molecule has 2 heteroatoms.